The van der Waals surface area contributed by atoms with Gasteiger partial charge in [0, 0.05) is 15.6 Å². The SMILES string of the molecule is O=C(CNC(=O)c1ccc(Cl)c(Cl)c1)N/N=C/c1cc(Br)ccc1OC(=O)c1ccccc1Cl. The first kappa shape index (κ1) is 25.7. The van der Waals surface area contributed by atoms with Gasteiger partial charge in [0.25, 0.3) is 11.8 Å². The maximum atomic E-state index is 12.5. The molecule has 0 aliphatic carbocycles. The minimum atomic E-state index is -0.642. The van der Waals surface area contributed by atoms with Gasteiger partial charge in [-0.1, -0.05) is 62.9 Å². The van der Waals surface area contributed by atoms with Gasteiger partial charge in [-0.25, -0.2) is 10.2 Å². The summed E-state index contributed by atoms with van der Waals surface area (Å²) in [4.78, 5) is 36.7. The van der Waals surface area contributed by atoms with Crippen molar-refractivity contribution in [3.05, 3.63) is 96.9 Å². The molecule has 34 heavy (non-hydrogen) atoms. The largest absolute Gasteiger partial charge is 0.422 e. The van der Waals surface area contributed by atoms with Crippen LogP contribution in [-0.2, 0) is 4.79 Å². The first-order valence-electron chi connectivity index (χ1n) is 9.56. The van der Waals surface area contributed by atoms with Gasteiger partial charge in [-0.05, 0) is 48.5 Å². The fourth-order valence-corrected chi connectivity index (χ4v) is 3.50. The number of halogens is 4. The first-order chi connectivity index (χ1) is 16.2. The molecule has 2 N–H and O–H groups in total. The van der Waals surface area contributed by atoms with Gasteiger partial charge in [-0.15, -0.1) is 0 Å². The molecule has 0 heterocycles. The molecule has 0 radical (unpaired) electrons. The Morgan fingerprint density at radius 3 is 2.44 bits per heavy atom. The highest BCUT2D eigenvalue weighted by Crippen LogP contribution is 2.25. The monoisotopic (exact) mass is 581 g/mol. The molecule has 11 heteroatoms. The molecule has 174 valence electrons. The Balaban J connectivity index is 1.60. The van der Waals surface area contributed by atoms with Gasteiger partial charge < -0.3 is 10.1 Å². The molecule has 0 bridgehead atoms. The van der Waals surface area contributed by atoms with Crippen LogP contribution in [-0.4, -0.2) is 30.5 Å². The van der Waals surface area contributed by atoms with E-state index in [0.29, 0.717) is 15.1 Å². The number of hydrazone groups is 1. The Morgan fingerprint density at radius 1 is 0.941 bits per heavy atom. The van der Waals surface area contributed by atoms with Crippen molar-refractivity contribution in [2.24, 2.45) is 5.10 Å². The molecule has 0 spiro atoms. The highest BCUT2D eigenvalue weighted by atomic mass is 79.9. The lowest BCUT2D eigenvalue weighted by Gasteiger charge is -2.09. The van der Waals surface area contributed by atoms with Crippen molar-refractivity contribution in [1.82, 2.24) is 10.7 Å². The molecular formula is C23H15BrCl3N3O4. The summed E-state index contributed by atoms with van der Waals surface area (Å²) < 4.78 is 6.15. The maximum Gasteiger partial charge on any atom is 0.345 e. The van der Waals surface area contributed by atoms with Crippen molar-refractivity contribution in [2.75, 3.05) is 6.54 Å². The van der Waals surface area contributed by atoms with E-state index in [1.54, 1.807) is 42.5 Å². The molecule has 2 amide bonds. The van der Waals surface area contributed by atoms with Crippen molar-refractivity contribution in [2.45, 2.75) is 0 Å². The van der Waals surface area contributed by atoms with Gasteiger partial charge in [0.15, 0.2) is 0 Å². The Morgan fingerprint density at radius 2 is 1.71 bits per heavy atom. The van der Waals surface area contributed by atoms with Crippen molar-refractivity contribution < 1.29 is 19.1 Å². The third-order valence-corrected chi connectivity index (χ3v) is 5.81. The molecule has 3 aromatic rings. The Bertz CT molecular complexity index is 1280. The van der Waals surface area contributed by atoms with E-state index >= 15 is 0 Å². The molecule has 0 saturated heterocycles. The highest BCUT2D eigenvalue weighted by Gasteiger charge is 2.14. The Labute approximate surface area is 218 Å². The minimum absolute atomic E-state index is 0.207. The zero-order valence-electron chi connectivity index (χ0n) is 17.2. The zero-order chi connectivity index (χ0) is 24.7. The predicted octanol–water partition coefficient (Wildman–Crippen LogP) is 5.51. The molecular weight excluding hydrogens is 569 g/mol. The van der Waals surface area contributed by atoms with E-state index in [1.165, 1.54) is 24.4 Å². The van der Waals surface area contributed by atoms with Crippen LogP contribution in [0.3, 0.4) is 0 Å². The number of esters is 1. The molecule has 3 rings (SSSR count). The van der Waals surface area contributed by atoms with Crippen LogP contribution >= 0.6 is 50.7 Å². The molecule has 0 aliphatic heterocycles. The quantitative estimate of drug-likeness (QED) is 0.166. The Kier molecular flexibility index (Phi) is 9.06. The molecule has 0 fully saturated rings. The van der Waals surface area contributed by atoms with E-state index in [4.69, 9.17) is 39.5 Å². The van der Waals surface area contributed by atoms with Crippen LogP contribution < -0.4 is 15.5 Å². The third-order valence-electron chi connectivity index (χ3n) is 4.25. The molecule has 0 unspecified atom stereocenters. The van der Waals surface area contributed by atoms with E-state index in [2.05, 4.69) is 31.8 Å². The van der Waals surface area contributed by atoms with Crippen molar-refractivity contribution >= 4 is 74.7 Å². The lowest BCUT2D eigenvalue weighted by molar-refractivity contribution is -0.120. The molecule has 7 nitrogen and oxygen atoms in total. The van der Waals surface area contributed by atoms with Crippen LogP contribution in [0.25, 0.3) is 0 Å². The molecule has 3 aromatic carbocycles. The number of carbonyl (C=O) groups is 3. The van der Waals surface area contributed by atoms with Gasteiger partial charge >= 0.3 is 5.97 Å². The molecule has 0 atom stereocenters. The number of carbonyl (C=O) groups excluding carboxylic acids is 3. The van der Waals surface area contributed by atoms with E-state index in [-0.39, 0.29) is 33.5 Å². The van der Waals surface area contributed by atoms with Gasteiger partial charge in [0.2, 0.25) is 0 Å². The number of rotatable bonds is 7. The normalized spacial score (nSPS) is 10.7. The number of hydrogen-bond acceptors (Lipinski definition) is 5. The maximum absolute atomic E-state index is 12.5. The van der Waals surface area contributed by atoms with Crippen molar-refractivity contribution in [1.29, 1.82) is 0 Å². The summed E-state index contributed by atoms with van der Waals surface area (Å²) in [5, 5.41) is 7.11. The number of nitrogens with zero attached hydrogens (tertiary/aromatic N) is 1. The second-order valence-electron chi connectivity index (χ2n) is 6.66. The van der Waals surface area contributed by atoms with Gasteiger partial charge in [0.05, 0.1) is 33.4 Å². The zero-order valence-corrected chi connectivity index (χ0v) is 21.0. The van der Waals surface area contributed by atoms with Crippen LogP contribution in [0, 0.1) is 0 Å². The fraction of sp³-hybridized carbons (Fsp3) is 0.0435. The first-order valence-corrected chi connectivity index (χ1v) is 11.5. The summed E-state index contributed by atoms with van der Waals surface area (Å²) >= 11 is 21.1. The van der Waals surface area contributed by atoms with Crippen LogP contribution in [0.2, 0.25) is 15.1 Å². The average molecular weight is 584 g/mol. The minimum Gasteiger partial charge on any atom is -0.422 e. The van der Waals surface area contributed by atoms with E-state index in [0.717, 1.165) is 0 Å². The topological polar surface area (TPSA) is 96.9 Å². The number of nitrogens with one attached hydrogen (secondary N) is 2. The van der Waals surface area contributed by atoms with Crippen LogP contribution in [0.15, 0.2) is 70.2 Å². The van der Waals surface area contributed by atoms with E-state index < -0.39 is 17.8 Å². The smallest absolute Gasteiger partial charge is 0.345 e. The van der Waals surface area contributed by atoms with E-state index in [9.17, 15) is 14.4 Å². The van der Waals surface area contributed by atoms with Crippen molar-refractivity contribution in [3.8, 4) is 5.75 Å². The predicted molar refractivity (Wildman–Crippen MR) is 135 cm³/mol. The van der Waals surface area contributed by atoms with Crippen LogP contribution in [0.4, 0.5) is 0 Å². The number of amides is 2. The lowest BCUT2D eigenvalue weighted by atomic mass is 10.2. The van der Waals surface area contributed by atoms with Crippen LogP contribution in [0.1, 0.15) is 26.3 Å². The third kappa shape index (κ3) is 7.04. The molecule has 0 saturated carbocycles. The highest BCUT2D eigenvalue weighted by molar-refractivity contribution is 9.10. The summed E-state index contributed by atoms with van der Waals surface area (Å²) in [6, 6.07) is 15.8. The average Bonchev–Trinajstić information content (AvgIpc) is 2.81. The van der Waals surface area contributed by atoms with Crippen LogP contribution in [0.5, 0.6) is 5.75 Å². The van der Waals surface area contributed by atoms with Crippen molar-refractivity contribution in [3.63, 3.8) is 0 Å². The lowest BCUT2D eigenvalue weighted by Crippen LogP contribution is -2.34. The summed E-state index contributed by atoms with van der Waals surface area (Å²) in [5.41, 5.74) is 3.17. The number of hydrogen-bond donors (Lipinski definition) is 2. The molecule has 0 aliphatic rings. The summed E-state index contributed by atoms with van der Waals surface area (Å²) in [5.74, 6) is -1.51. The molecule has 0 aromatic heterocycles. The summed E-state index contributed by atoms with van der Waals surface area (Å²) in [7, 11) is 0. The number of benzene rings is 3. The summed E-state index contributed by atoms with van der Waals surface area (Å²) in [6.07, 6.45) is 1.30. The second-order valence-corrected chi connectivity index (χ2v) is 8.79. The summed E-state index contributed by atoms with van der Waals surface area (Å²) in [6.45, 7) is -0.330. The van der Waals surface area contributed by atoms with E-state index in [1.807, 2.05) is 0 Å². The standard InChI is InChI=1S/C23H15BrCl3N3O4/c24-15-6-8-20(34-23(33)16-3-1-2-4-17(16)25)14(9-15)11-29-30-21(31)12-28-22(32)13-5-7-18(26)19(27)10-13/h1-11H,12H2,(H,28,32)(H,30,31)/b29-11+. The van der Waals surface area contributed by atoms with Gasteiger partial charge in [-0.2, -0.15) is 5.10 Å². The Hall–Kier alpha value is -2.91. The second kappa shape index (κ2) is 12.0. The van der Waals surface area contributed by atoms with Gasteiger partial charge in [-0.3, -0.25) is 9.59 Å². The number of ether oxygens (including phenoxy) is 1. The fourth-order valence-electron chi connectivity index (χ4n) is 2.61. The van der Waals surface area contributed by atoms with Gasteiger partial charge in [0.1, 0.15) is 5.75 Å².